The summed E-state index contributed by atoms with van der Waals surface area (Å²) in [4.78, 5) is 18.5. The van der Waals surface area contributed by atoms with E-state index in [0.29, 0.717) is 30.3 Å². The van der Waals surface area contributed by atoms with Gasteiger partial charge in [-0.05, 0) is 57.7 Å². The van der Waals surface area contributed by atoms with E-state index in [-0.39, 0.29) is 17.9 Å². The summed E-state index contributed by atoms with van der Waals surface area (Å²) < 4.78 is 25.4. The fourth-order valence-electron chi connectivity index (χ4n) is 4.06. The van der Waals surface area contributed by atoms with Crippen molar-refractivity contribution in [2.24, 2.45) is 5.92 Å². The van der Waals surface area contributed by atoms with Crippen LogP contribution in [0.15, 0.2) is 30.5 Å². The Morgan fingerprint density at radius 3 is 2.67 bits per heavy atom. The van der Waals surface area contributed by atoms with Gasteiger partial charge in [-0.25, -0.2) is 9.18 Å². The van der Waals surface area contributed by atoms with Crippen LogP contribution in [0.5, 0.6) is 5.75 Å². The topological polar surface area (TPSA) is 77.7 Å². The van der Waals surface area contributed by atoms with Gasteiger partial charge in [0.2, 0.25) is 0 Å². The van der Waals surface area contributed by atoms with Crippen LogP contribution in [0.1, 0.15) is 39.2 Å². The summed E-state index contributed by atoms with van der Waals surface area (Å²) in [5.74, 6) is 0.711. The van der Waals surface area contributed by atoms with Crippen LogP contribution in [0.25, 0.3) is 11.3 Å². The summed E-state index contributed by atoms with van der Waals surface area (Å²) >= 11 is 0. The molecule has 1 aromatic heterocycles. The number of piperidine rings is 1. The lowest BCUT2D eigenvalue weighted by Crippen LogP contribution is -2.44. The number of likely N-dealkylation sites (tertiary alicyclic amines) is 1. The van der Waals surface area contributed by atoms with Crippen LogP contribution in [0.2, 0.25) is 0 Å². The average Bonchev–Trinajstić information content (AvgIpc) is 3.12. The van der Waals surface area contributed by atoms with E-state index < -0.39 is 11.4 Å². The molecule has 1 atom stereocenters. The first-order chi connectivity index (χ1) is 14.2. The van der Waals surface area contributed by atoms with Crippen LogP contribution in [-0.4, -0.2) is 40.8 Å². The molecule has 1 amide bonds. The monoisotopic (exact) mass is 413 g/mol. The Morgan fingerprint density at radius 1 is 1.27 bits per heavy atom. The molecule has 7 heteroatoms. The van der Waals surface area contributed by atoms with E-state index in [1.807, 2.05) is 26.8 Å². The standard InChI is InChI=1S/C23H28FN3O3/c1-23(2,3)30-22(28)27-8-6-14(7-9-27)20-12-16-11-19(26-13-21(16)29-20)15-4-5-18(25)17(24)10-15/h4-5,10-11,13-14,20H,6-9,12,25H2,1-3H3. The lowest BCUT2D eigenvalue weighted by Gasteiger charge is -2.35. The number of pyridine rings is 1. The number of hydrogen-bond acceptors (Lipinski definition) is 5. The lowest BCUT2D eigenvalue weighted by atomic mass is 9.89. The van der Waals surface area contributed by atoms with Gasteiger partial charge in [0.15, 0.2) is 0 Å². The van der Waals surface area contributed by atoms with Crippen molar-refractivity contribution in [2.75, 3.05) is 18.8 Å². The number of ether oxygens (including phenoxy) is 2. The van der Waals surface area contributed by atoms with Crippen LogP contribution in [0.3, 0.4) is 0 Å². The van der Waals surface area contributed by atoms with Crippen molar-refractivity contribution < 1.29 is 18.7 Å². The Labute approximate surface area is 176 Å². The van der Waals surface area contributed by atoms with Crippen molar-refractivity contribution in [3.63, 3.8) is 0 Å². The van der Waals surface area contributed by atoms with Gasteiger partial charge in [0.1, 0.15) is 23.3 Å². The van der Waals surface area contributed by atoms with Gasteiger partial charge in [-0.15, -0.1) is 0 Å². The van der Waals surface area contributed by atoms with E-state index >= 15 is 0 Å². The molecule has 1 aromatic carbocycles. The number of rotatable bonds is 2. The number of carbonyl (C=O) groups is 1. The maximum atomic E-state index is 13.8. The number of nitrogens with two attached hydrogens (primary N) is 1. The molecule has 30 heavy (non-hydrogen) atoms. The number of nitrogen functional groups attached to an aromatic ring is 1. The van der Waals surface area contributed by atoms with Crippen LogP contribution < -0.4 is 10.5 Å². The van der Waals surface area contributed by atoms with Crippen molar-refractivity contribution in [1.29, 1.82) is 0 Å². The molecule has 3 heterocycles. The van der Waals surface area contributed by atoms with Crippen molar-refractivity contribution in [3.8, 4) is 17.0 Å². The zero-order chi connectivity index (χ0) is 21.5. The quantitative estimate of drug-likeness (QED) is 0.738. The molecule has 0 aliphatic carbocycles. The fraction of sp³-hybridized carbons (Fsp3) is 0.478. The molecule has 2 aliphatic heterocycles. The average molecular weight is 413 g/mol. The number of nitrogens with zero attached hydrogens (tertiary/aromatic N) is 2. The number of benzene rings is 1. The predicted octanol–water partition coefficient (Wildman–Crippen LogP) is 4.42. The number of hydrogen-bond donors (Lipinski definition) is 1. The molecular weight excluding hydrogens is 385 g/mol. The molecule has 6 nitrogen and oxygen atoms in total. The van der Waals surface area contributed by atoms with Gasteiger partial charge in [-0.2, -0.15) is 0 Å². The van der Waals surface area contributed by atoms with Gasteiger partial charge >= 0.3 is 6.09 Å². The first-order valence-electron chi connectivity index (χ1n) is 10.4. The molecule has 2 aliphatic rings. The maximum absolute atomic E-state index is 13.8. The van der Waals surface area contributed by atoms with Crippen molar-refractivity contribution >= 4 is 11.8 Å². The second-order valence-electron chi connectivity index (χ2n) is 9.08. The highest BCUT2D eigenvalue weighted by atomic mass is 19.1. The number of amides is 1. The molecule has 0 radical (unpaired) electrons. The SMILES string of the molecule is CC(C)(C)OC(=O)N1CCC(C2Cc3cc(-c4ccc(N)c(F)c4)ncc3O2)CC1. The molecule has 2 aromatic rings. The molecule has 2 N–H and O–H groups in total. The second-order valence-corrected chi connectivity index (χ2v) is 9.08. The van der Waals surface area contributed by atoms with Crippen molar-refractivity contribution in [2.45, 2.75) is 51.7 Å². The van der Waals surface area contributed by atoms with Crippen LogP contribution >= 0.6 is 0 Å². The zero-order valence-corrected chi connectivity index (χ0v) is 17.7. The first kappa shape index (κ1) is 20.4. The van der Waals surface area contributed by atoms with Gasteiger partial charge in [-0.1, -0.05) is 6.07 Å². The van der Waals surface area contributed by atoms with Gasteiger partial charge in [0, 0.05) is 30.6 Å². The third-order valence-corrected chi connectivity index (χ3v) is 5.66. The largest absolute Gasteiger partial charge is 0.488 e. The second kappa shape index (κ2) is 7.78. The zero-order valence-electron chi connectivity index (χ0n) is 17.7. The lowest BCUT2D eigenvalue weighted by molar-refractivity contribution is 0.0123. The Bertz CT molecular complexity index is 949. The molecule has 4 rings (SSSR count). The van der Waals surface area contributed by atoms with E-state index in [1.165, 1.54) is 6.07 Å². The maximum Gasteiger partial charge on any atom is 0.410 e. The molecule has 0 spiro atoms. The number of anilines is 1. The van der Waals surface area contributed by atoms with Gasteiger partial charge in [0.25, 0.3) is 0 Å². The minimum atomic E-state index is -0.484. The smallest absolute Gasteiger partial charge is 0.410 e. The molecule has 1 fully saturated rings. The summed E-state index contributed by atoms with van der Waals surface area (Å²) in [7, 11) is 0. The summed E-state index contributed by atoms with van der Waals surface area (Å²) in [6.45, 7) is 6.97. The van der Waals surface area contributed by atoms with E-state index in [2.05, 4.69) is 4.98 Å². The minimum Gasteiger partial charge on any atom is -0.488 e. The normalized spacial score (nSPS) is 19.3. The molecule has 1 unspecified atom stereocenters. The van der Waals surface area contributed by atoms with Gasteiger partial charge in [0.05, 0.1) is 17.6 Å². The Hall–Kier alpha value is -2.83. The Kier molecular flexibility index (Phi) is 5.30. The van der Waals surface area contributed by atoms with E-state index in [0.717, 1.165) is 30.6 Å². The fourth-order valence-corrected chi connectivity index (χ4v) is 4.06. The highest BCUT2D eigenvalue weighted by molar-refractivity contribution is 5.68. The first-order valence-corrected chi connectivity index (χ1v) is 10.4. The van der Waals surface area contributed by atoms with Crippen LogP contribution in [0, 0.1) is 11.7 Å². The van der Waals surface area contributed by atoms with Gasteiger partial charge < -0.3 is 20.1 Å². The summed E-state index contributed by atoms with van der Waals surface area (Å²) in [5.41, 5.74) is 7.69. The van der Waals surface area contributed by atoms with Crippen LogP contribution in [-0.2, 0) is 11.2 Å². The van der Waals surface area contributed by atoms with Crippen molar-refractivity contribution in [1.82, 2.24) is 9.88 Å². The molecular formula is C23H28FN3O3. The molecule has 1 saturated heterocycles. The van der Waals surface area contributed by atoms with Crippen LogP contribution in [0.4, 0.5) is 14.9 Å². The third-order valence-electron chi connectivity index (χ3n) is 5.66. The Balaban J connectivity index is 1.38. The number of halogens is 1. The Morgan fingerprint density at radius 2 is 2.00 bits per heavy atom. The number of carbonyl (C=O) groups excluding carboxylic acids is 1. The molecule has 0 bridgehead atoms. The highest BCUT2D eigenvalue weighted by Crippen LogP contribution is 2.37. The summed E-state index contributed by atoms with van der Waals surface area (Å²) in [5, 5.41) is 0. The highest BCUT2D eigenvalue weighted by Gasteiger charge is 2.35. The van der Waals surface area contributed by atoms with E-state index in [1.54, 1.807) is 23.2 Å². The summed E-state index contributed by atoms with van der Waals surface area (Å²) in [6.07, 6.45) is 4.08. The van der Waals surface area contributed by atoms with E-state index in [4.69, 9.17) is 15.2 Å². The summed E-state index contributed by atoms with van der Waals surface area (Å²) in [6, 6.07) is 6.70. The molecule has 0 saturated carbocycles. The molecule has 160 valence electrons. The van der Waals surface area contributed by atoms with Crippen molar-refractivity contribution in [3.05, 3.63) is 41.8 Å². The third kappa shape index (κ3) is 4.35. The number of fused-ring (bicyclic) bond motifs is 1. The predicted molar refractivity (Wildman–Crippen MR) is 113 cm³/mol. The number of aromatic nitrogens is 1. The van der Waals surface area contributed by atoms with Gasteiger partial charge in [-0.3, -0.25) is 4.98 Å². The minimum absolute atomic E-state index is 0.0704. The van der Waals surface area contributed by atoms with E-state index in [9.17, 15) is 9.18 Å².